The highest BCUT2D eigenvalue weighted by atomic mass is 16.5. The molecule has 2 N–H and O–H groups in total. The Kier molecular flexibility index (Phi) is 5.23. The summed E-state index contributed by atoms with van der Waals surface area (Å²) in [5, 5.41) is 13.1. The number of aliphatic hydroxyl groups is 1. The van der Waals surface area contributed by atoms with E-state index < -0.39 is 5.60 Å². The summed E-state index contributed by atoms with van der Waals surface area (Å²) in [7, 11) is 1.65. The molecule has 4 heteroatoms. The monoisotopic (exact) mass is 291 g/mol. The van der Waals surface area contributed by atoms with Crippen LogP contribution in [0.2, 0.25) is 0 Å². The van der Waals surface area contributed by atoms with Gasteiger partial charge in [0.2, 0.25) is 0 Å². The minimum atomic E-state index is -1.13. The first kappa shape index (κ1) is 15.8. The molecule has 1 aromatic carbocycles. The second kappa shape index (κ2) is 6.94. The summed E-state index contributed by atoms with van der Waals surface area (Å²) in [4.78, 5) is 12.0. The van der Waals surface area contributed by atoms with E-state index in [0.717, 1.165) is 25.0 Å². The fourth-order valence-electron chi connectivity index (χ4n) is 2.85. The van der Waals surface area contributed by atoms with Crippen molar-refractivity contribution in [3.05, 3.63) is 29.8 Å². The lowest BCUT2D eigenvalue weighted by molar-refractivity contribution is -0.139. The van der Waals surface area contributed by atoms with Crippen LogP contribution in [0.3, 0.4) is 0 Å². The average molecular weight is 291 g/mol. The summed E-state index contributed by atoms with van der Waals surface area (Å²) in [6.45, 7) is 2.69. The highest BCUT2D eigenvalue weighted by Crippen LogP contribution is 2.29. The Morgan fingerprint density at radius 2 is 1.95 bits per heavy atom. The van der Waals surface area contributed by atoms with Crippen LogP contribution in [-0.2, 0) is 11.2 Å². The van der Waals surface area contributed by atoms with Gasteiger partial charge in [0.15, 0.2) is 0 Å². The van der Waals surface area contributed by atoms with Crippen molar-refractivity contribution in [2.24, 2.45) is 5.92 Å². The van der Waals surface area contributed by atoms with Gasteiger partial charge in [-0.05, 0) is 55.7 Å². The molecule has 0 radical (unpaired) electrons. The number of benzene rings is 1. The van der Waals surface area contributed by atoms with Gasteiger partial charge in [-0.15, -0.1) is 0 Å². The Hall–Kier alpha value is -1.55. The molecule has 1 saturated carbocycles. The van der Waals surface area contributed by atoms with Crippen LogP contribution in [0.1, 0.15) is 38.2 Å². The molecule has 2 rings (SSSR count). The molecule has 0 saturated heterocycles. The van der Waals surface area contributed by atoms with E-state index in [9.17, 15) is 9.90 Å². The van der Waals surface area contributed by atoms with Gasteiger partial charge in [0.25, 0.3) is 5.91 Å². The van der Waals surface area contributed by atoms with Crippen LogP contribution in [0.5, 0.6) is 5.75 Å². The molecule has 1 aromatic rings. The van der Waals surface area contributed by atoms with E-state index >= 15 is 0 Å². The third kappa shape index (κ3) is 4.21. The molecule has 0 bridgehead atoms. The zero-order valence-electron chi connectivity index (χ0n) is 12.9. The van der Waals surface area contributed by atoms with Crippen molar-refractivity contribution in [2.75, 3.05) is 13.7 Å². The van der Waals surface area contributed by atoms with Gasteiger partial charge in [0.05, 0.1) is 7.11 Å². The first-order valence-corrected chi connectivity index (χ1v) is 7.67. The van der Waals surface area contributed by atoms with E-state index in [1.54, 1.807) is 7.11 Å². The molecule has 0 aromatic heterocycles. The van der Waals surface area contributed by atoms with Gasteiger partial charge >= 0.3 is 0 Å². The molecule has 21 heavy (non-hydrogen) atoms. The fourth-order valence-corrected chi connectivity index (χ4v) is 2.85. The van der Waals surface area contributed by atoms with Crippen molar-refractivity contribution >= 4 is 5.91 Å². The highest BCUT2D eigenvalue weighted by Gasteiger charge is 2.38. The number of ether oxygens (including phenoxy) is 1. The molecule has 1 aliphatic rings. The standard InChI is InChI=1S/C17H25NO3/c1-13(11-14-5-7-15(21-2)8-6-14)12-18-16(19)17(20)9-3-4-10-17/h5-8,13,20H,3-4,9-12H2,1-2H3,(H,18,19). The van der Waals surface area contributed by atoms with Gasteiger partial charge in [-0.1, -0.05) is 19.1 Å². The van der Waals surface area contributed by atoms with E-state index in [0.29, 0.717) is 25.3 Å². The SMILES string of the molecule is COc1ccc(CC(C)CNC(=O)C2(O)CCCC2)cc1. The minimum absolute atomic E-state index is 0.207. The van der Waals surface area contributed by atoms with Crippen LogP contribution >= 0.6 is 0 Å². The van der Waals surface area contributed by atoms with Crippen molar-refractivity contribution in [2.45, 2.75) is 44.6 Å². The van der Waals surface area contributed by atoms with Crippen molar-refractivity contribution in [1.29, 1.82) is 0 Å². The summed E-state index contributed by atoms with van der Waals surface area (Å²) in [5.74, 6) is 0.970. The molecule has 0 heterocycles. The number of amides is 1. The first-order valence-electron chi connectivity index (χ1n) is 7.67. The lowest BCUT2D eigenvalue weighted by Crippen LogP contribution is -2.46. The highest BCUT2D eigenvalue weighted by molar-refractivity contribution is 5.85. The van der Waals surface area contributed by atoms with Crippen LogP contribution in [0.4, 0.5) is 0 Å². The minimum Gasteiger partial charge on any atom is -0.497 e. The van der Waals surface area contributed by atoms with Crippen LogP contribution in [-0.4, -0.2) is 30.3 Å². The van der Waals surface area contributed by atoms with Gasteiger partial charge in [-0.2, -0.15) is 0 Å². The Bertz CT molecular complexity index is 463. The van der Waals surface area contributed by atoms with Gasteiger partial charge in [-0.25, -0.2) is 0 Å². The molecule has 0 aliphatic heterocycles. The van der Waals surface area contributed by atoms with Crippen molar-refractivity contribution < 1.29 is 14.6 Å². The first-order chi connectivity index (χ1) is 10.0. The van der Waals surface area contributed by atoms with Crippen LogP contribution in [0.15, 0.2) is 24.3 Å². The number of rotatable bonds is 6. The zero-order valence-corrected chi connectivity index (χ0v) is 12.9. The number of methoxy groups -OCH3 is 1. The second-order valence-corrected chi connectivity index (χ2v) is 6.11. The number of carbonyl (C=O) groups is 1. The lowest BCUT2D eigenvalue weighted by atomic mass is 9.99. The van der Waals surface area contributed by atoms with E-state index in [1.807, 2.05) is 24.3 Å². The molecule has 116 valence electrons. The Morgan fingerprint density at radius 3 is 2.52 bits per heavy atom. The number of hydrogen-bond donors (Lipinski definition) is 2. The summed E-state index contributed by atoms with van der Waals surface area (Å²) >= 11 is 0. The van der Waals surface area contributed by atoms with Gasteiger partial charge in [0.1, 0.15) is 11.4 Å². The smallest absolute Gasteiger partial charge is 0.251 e. The van der Waals surface area contributed by atoms with Gasteiger partial charge < -0.3 is 15.2 Å². The zero-order chi connectivity index (χ0) is 15.3. The van der Waals surface area contributed by atoms with Crippen LogP contribution < -0.4 is 10.1 Å². The maximum atomic E-state index is 12.0. The van der Waals surface area contributed by atoms with Gasteiger partial charge in [-0.3, -0.25) is 4.79 Å². The summed E-state index contributed by atoms with van der Waals surface area (Å²) < 4.78 is 5.14. The summed E-state index contributed by atoms with van der Waals surface area (Å²) in [5.41, 5.74) is 0.0944. The predicted molar refractivity (Wildman–Crippen MR) is 82.3 cm³/mol. The summed E-state index contributed by atoms with van der Waals surface area (Å²) in [6, 6.07) is 7.98. The third-order valence-corrected chi connectivity index (χ3v) is 4.21. The van der Waals surface area contributed by atoms with Gasteiger partial charge in [0, 0.05) is 6.54 Å². The molecule has 4 nitrogen and oxygen atoms in total. The maximum absolute atomic E-state index is 12.0. The average Bonchev–Trinajstić information content (AvgIpc) is 2.94. The van der Waals surface area contributed by atoms with E-state index in [-0.39, 0.29) is 5.91 Å². The quantitative estimate of drug-likeness (QED) is 0.845. The topological polar surface area (TPSA) is 58.6 Å². The maximum Gasteiger partial charge on any atom is 0.251 e. The number of nitrogens with one attached hydrogen (secondary N) is 1. The lowest BCUT2D eigenvalue weighted by Gasteiger charge is -2.22. The van der Waals surface area contributed by atoms with E-state index in [2.05, 4.69) is 12.2 Å². The molecule has 0 spiro atoms. The Labute approximate surface area is 126 Å². The Morgan fingerprint density at radius 1 is 1.33 bits per heavy atom. The second-order valence-electron chi connectivity index (χ2n) is 6.11. The van der Waals surface area contributed by atoms with Crippen molar-refractivity contribution in [1.82, 2.24) is 5.32 Å². The third-order valence-electron chi connectivity index (χ3n) is 4.21. The van der Waals surface area contributed by atoms with Crippen LogP contribution in [0.25, 0.3) is 0 Å². The summed E-state index contributed by atoms with van der Waals surface area (Å²) in [6.07, 6.45) is 3.94. The molecule has 1 unspecified atom stereocenters. The number of carbonyl (C=O) groups excluding carboxylic acids is 1. The van der Waals surface area contributed by atoms with Crippen LogP contribution in [0, 0.1) is 5.92 Å². The number of hydrogen-bond acceptors (Lipinski definition) is 3. The molecule has 1 atom stereocenters. The molecule has 1 aliphatic carbocycles. The predicted octanol–water partition coefficient (Wildman–Crippen LogP) is 2.30. The molecule has 1 amide bonds. The molecular formula is C17H25NO3. The van der Waals surface area contributed by atoms with E-state index in [1.165, 1.54) is 5.56 Å². The van der Waals surface area contributed by atoms with E-state index in [4.69, 9.17) is 4.74 Å². The van der Waals surface area contributed by atoms with Crippen molar-refractivity contribution in [3.8, 4) is 5.75 Å². The fraction of sp³-hybridized carbons (Fsp3) is 0.588. The molecular weight excluding hydrogens is 266 g/mol. The Balaban J connectivity index is 1.78. The largest absolute Gasteiger partial charge is 0.497 e. The normalized spacial score (nSPS) is 18.2. The molecule has 1 fully saturated rings. The van der Waals surface area contributed by atoms with Crippen molar-refractivity contribution in [3.63, 3.8) is 0 Å².